The quantitative estimate of drug-likeness (QED) is 0.797. The zero-order valence-corrected chi connectivity index (χ0v) is 12.8. The Morgan fingerprint density at radius 3 is 2.55 bits per heavy atom. The van der Waals surface area contributed by atoms with Crippen molar-refractivity contribution >= 4 is 11.5 Å². The molecule has 0 amide bonds. The van der Waals surface area contributed by atoms with E-state index in [0.717, 1.165) is 16.8 Å². The number of hydrogen-bond acceptors (Lipinski definition) is 3. The molecule has 0 saturated carbocycles. The van der Waals surface area contributed by atoms with E-state index in [0.29, 0.717) is 12.2 Å². The van der Waals surface area contributed by atoms with Crippen LogP contribution in [-0.2, 0) is 4.74 Å². The first-order valence-corrected chi connectivity index (χ1v) is 7.15. The predicted octanol–water partition coefficient (Wildman–Crippen LogP) is 3.76. The Bertz CT molecular complexity index is 627. The molecular weight excluding hydrogens is 252 g/mol. The maximum absolute atomic E-state index is 12.4. The first-order valence-electron chi connectivity index (χ1n) is 7.15. The van der Waals surface area contributed by atoms with Gasteiger partial charge in [0.2, 0.25) is 0 Å². The van der Waals surface area contributed by atoms with E-state index >= 15 is 0 Å². The highest BCUT2D eigenvalue weighted by atomic mass is 16.5. The maximum atomic E-state index is 12.4. The summed E-state index contributed by atoms with van der Waals surface area (Å²) in [5, 5.41) is 4.60. The molecule has 0 aromatic carbocycles. The lowest BCUT2D eigenvalue weighted by atomic mass is 9.92. The third kappa shape index (κ3) is 2.42. The van der Waals surface area contributed by atoms with Crippen LogP contribution in [0.1, 0.15) is 68.1 Å². The van der Waals surface area contributed by atoms with Crippen LogP contribution in [0.3, 0.4) is 0 Å². The number of carbonyl (C=O) groups is 1. The van der Waals surface area contributed by atoms with Crippen LogP contribution in [0.25, 0.3) is 5.52 Å². The lowest BCUT2D eigenvalue weighted by Crippen LogP contribution is -2.17. The number of hydrogen-bond donors (Lipinski definition) is 0. The molecule has 2 aromatic heterocycles. The lowest BCUT2D eigenvalue weighted by Gasteiger charge is -2.19. The van der Waals surface area contributed by atoms with E-state index in [4.69, 9.17) is 4.74 Å². The summed E-state index contributed by atoms with van der Waals surface area (Å²) in [6.07, 6.45) is 1.92. The van der Waals surface area contributed by atoms with Gasteiger partial charge in [0, 0.05) is 6.20 Å². The number of ether oxygens (including phenoxy) is 1. The second-order valence-electron chi connectivity index (χ2n) is 5.54. The van der Waals surface area contributed by atoms with Crippen LogP contribution in [0.4, 0.5) is 0 Å². The van der Waals surface area contributed by atoms with Crippen LogP contribution in [0.2, 0.25) is 0 Å². The topological polar surface area (TPSA) is 43.6 Å². The van der Waals surface area contributed by atoms with Crippen molar-refractivity contribution in [1.29, 1.82) is 0 Å². The van der Waals surface area contributed by atoms with E-state index in [1.165, 1.54) is 0 Å². The summed E-state index contributed by atoms with van der Waals surface area (Å²) >= 11 is 0. The Morgan fingerprint density at radius 1 is 1.30 bits per heavy atom. The van der Waals surface area contributed by atoms with Gasteiger partial charge in [-0.25, -0.2) is 9.31 Å². The van der Waals surface area contributed by atoms with E-state index < -0.39 is 0 Å². The highest BCUT2D eigenvalue weighted by molar-refractivity contribution is 5.95. The second-order valence-corrected chi connectivity index (χ2v) is 5.54. The number of nitrogens with zero attached hydrogens (tertiary/aromatic N) is 2. The predicted molar refractivity (Wildman–Crippen MR) is 79.3 cm³/mol. The van der Waals surface area contributed by atoms with Gasteiger partial charge in [-0.2, -0.15) is 5.10 Å². The van der Waals surface area contributed by atoms with Crippen LogP contribution in [-0.4, -0.2) is 22.2 Å². The van der Waals surface area contributed by atoms with Gasteiger partial charge in [-0.3, -0.25) is 0 Å². The van der Waals surface area contributed by atoms with Crippen molar-refractivity contribution in [1.82, 2.24) is 9.61 Å². The van der Waals surface area contributed by atoms with Crippen LogP contribution in [0, 0.1) is 0 Å². The highest BCUT2D eigenvalue weighted by Gasteiger charge is 2.25. The van der Waals surface area contributed by atoms with Crippen molar-refractivity contribution in [3.05, 3.63) is 35.2 Å². The zero-order chi connectivity index (χ0) is 14.9. The molecule has 108 valence electrons. The van der Waals surface area contributed by atoms with Gasteiger partial charge in [0.25, 0.3) is 0 Å². The summed E-state index contributed by atoms with van der Waals surface area (Å²) in [5.74, 6) is 0.127. The molecule has 0 aliphatic carbocycles. The third-order valence-electron chi connectivity index (χ3n) is 3.35. The van der Waals surface area contributed by atoms with Gasteiger partial charge < -0.3 is 4.74 Å². The van der Waals surface area contributed by atoms with Crippen molar-refractivity contribution in [2.24, 2.45) is 0 Å². The monoisotopic (exact) mass is 274 g/mol. The maximum Gasteiger partial charge on any atom is 0.340 e. The first-order chi connectivity index (χ1) is 9.47. The first kappa shape index (κ1) is 14.6. The minimum atomic E-state index is -0.268. The lowest BCUT2D eigenvalue weighted by molar-refractivity contribution is 0.0522. The van der Waals surface area contributed by atoms with E-state index in [2.05, 4.69) is 18.9 Å². The molecule has 4 heteroatoms. The van der Waals surface area contributed by atoms with Crippen LogP contribution in [0.15, 0.2) is 18.3 Å². The summed E-state index contributed by atoms with van der Waals surface area (Å²) in [5.41, 5.74) is 3.44. The van der Waals surface area contributed by atoms with E-state index in [1.54, 1.807) is 0 Å². The summed E-state index contributed by atoms with van der Waals surface area (Å²) in [6.45, 7) is 10.5. The van der Waals surface area contributed by atoms with Crippen molar-refractivity contribution in [2.45, 2.75) is 46.5 Å². The van der Waals surface area contributed by atoms with Crippen molar-refractivity contribution in [3.8, 4) is 0 Å². The number of aromatic nitrogens is 2. The fraction of sp³-hybridized carbons (Fsp3) is 0.500. The van der Waals surface area contributed by atoms with E-state index in [-0.39, 0.29) is 17.8 Å². The fourth-order valence-electron chi connectivity index (χ4n) is 2.51. The molecule has 4 nitrogen and oxygen atoms in total. The molecule has 0 fully saturated rings. The Labute approximate surface area is 119 Å². The van der Waals surface area contributed by atoms with Crippen molar-refractivity contribution < 1.29 is 9.53 Å². The van der Waals surface area contributed by atoms with Crippen LogP contribution in [0.5, 0.6) is 0 Å². The van der Waals surface area contributed by atoms with E-state index in [9.17, 15) is 4.79 Å². The average molecular weight is 274 g/mol. The molecule has 2 heterocycles. The van der Waals surface area contributed by atoms with Gasteiger partial charge in [0.1, 0.15) is 0 Å². The van der Waals surface area contributed by atoms with Gasteiger partial charge in [-0.15, -0.1) is 0 Å². The third-order valence-corrected chi connectivity index (χ3v) is 3.35. The molecular formula is C16H22N2O2. The zero-order valence-electron chi connectivity index (χ0n) is 12.8. The van der Waals surface area contributed by atoms with E-state index in [1.807, 2.05) is 43.6 Å². The van der Waals surface area contributed by atoms with Crippen LogP contribution >= 0.6 is 0 Å². The smallest absolute Gasteiger partial charge is 0.340 e. The summed E-state index contributed by atoms with van der Waals surface area (Å²) < 4.78 is 7.10. The second kappa shape index (κ2) is 5.65. The standard InChI is InChI=1S/C16H22N2O2/c1-6-20-16(19)14-13(10(2)3)12-8-7-9-18(12)17-15(14)11(4)5/h7-11H,6H2,1-5H3. The molecule has 0 unspecified atom stereocenters. The molecule has 2 rings (SSSR count). The normalized spacial score (nSPS) is 11.6. The number of esters is 1. The molecule has 0 radical (unpaired) electrons. The largest absolute Gasteiger partial charge is 0.462 e. The molecule has 0 atom stereocenters. The molecule has 0 aliphatic heterocycles. The van der Waals surface area contributed by atoms with Crippen LogP contribution < -0.4 is 0 Å². The van der Waals surface area contributed by atoms with Gasteiger partial charge >= 0.3 is 5.97 Å². The molecule has 0 saturated heterocycles. The number of fused-ring (bicyclic) bond motifs is 1. The van der Waals surface area contributed by atoms with Gasteiger partial charge in [-0.1, -0.05) is 27.7 Å². The molecule has 0 N–H and O–H groups in total. The Kier molecular flexibility index (Phi) is 4.12. The van der Waals surface area contributed by atoms with Crippen molar-refractivity contribution in [3.63, 3.8) is 0 Å². The minimum absolute atomic E-state index is 0.165. The van der Waals surface area contributed by atoms with Gasteiger partial charge in [0.05, 0.1) is 23.4 Å². The fourth-order valence-corrected chi connectivity index (χ4v) is 2.51. The molecule has 0 spiro atoms. The minimum Gasteiger partial charge on any atom is -0.462 e. The number of rotatable bonds is 4. The average Bonchev–Trinajstić information content (AvgIpc) is 2.83. The Morgan fingerprint density at radius 2 is 2.00 bits per heavy atom. The number of carbonyl (C=O) groups excluding carboxylic acids is 1. The molecule has 0 aliphatic rings. The Hall–Kier alpha value is -1.84. The highest BCUT2D eigenvalue weighted by Crippen LogP contribution is 2.30. The van der Waals surface area contributed by atoms with Gasteiger partial charge in [0.15, 0.2) is 0 Å². The Balaban J connectivity index is 2.80. The molecule has 2 aromatic rings. The van der Waals surface area contributed by atoms with Gasteiger partial charge in [-0.05, 0) is 36.5 Å². The summed E-state index contributed by atoms with van der Waals surface area (Å²) in [7, 11) is 0. The molecule has 20 heavy (non-hydrogen) atoms. The summed E-state index contributed by atoms with van der Waals surface area (Å²) in [4.78, 5) is 12.4. The SMILES string of the molecule is CCOC(=O)c1c(C(C)C)nn2cccc2c1C(C)C. The van der Waals surface area contributed by atoms with Crippen molar-refractivity contribution in [2.75, 3.05) is 6.61 Å². The molecule has 0 bridgehead atoms. The summed E-state index contributed by atoms with van der Waals surface area (Å²) in [6, 6.07) is 3.95.